The maximum Gasteiger partial charge on any atom is 0.222 e. The molecule has 1 amide bonds. The Labute approximate surface area is 149 Å². The van der Waals surface area contributed by atoms with E-state index in [0.717, 1.165) is 55.8 Å². The molecule has 0 unspecified atom stereocenters. The first-order chi connectivity index (χ1) is 12.3. The van der Waals surface area contributed by atoms with Gasteiger partial charge in [0, 0.05) is 38.2 Å². The Hall–Kier alpha value is -1.91. The monoisotopic (exact) mass is 340 g/mol. The number of rotatable bonds is 5. The lowest BCUT2D eigenvalue weighted by atomic mass is 9.95. The zero-order chi connectivity index (χ0) is 17.1. The van der Waals surface area contributed by atoms with Crippen molar-refractivity contribution in [2.24, 2.45) is 0 Å². The summed E-state index contributed by atoms with van der Waals surface area (Å²) in [7, 11) is 0. The number of hydrogen-bond donors (Lipinski definition) is 0. The number of carbonyl (C=O) groups excluding carboxylic acids is 1. The van der Waals surface area contributed by atoms with Gasteiger partial charge >= 0.3 is 0 Å². The smallest absolute Gasteiger partial charge is 0.222 e. The van der Waals surface area contributed by atoms with E-state index in [4.69, 9.17) is 4.98 Å². The minimum Gasteiger partial charge on any atom is -0.343 e. The van der Waals surface area contributed by atoms with Crippen molar-refractivity contribution in [2.45, 2.75) is 70.3 Å². The van der Waals surface area contributed by atoms with Gasteiger partial charge in [-0.05, 0) is 44.2 Å². The van der Waals surface area contributed by atoms with Crippen LogP contribution in [0, 0.1) is 0 Å². The summed E-state index contributed by atoms with van der Waals surface area (Å²) >= 11 is 0. The zero-order valence-electron chi connectivity index (χ0n) is 15.0. The van der Waals surface area contributed by atoms with Gasteiger partial charge in [0.05, 0.1) is 0 Å². The van der Waals surface area contributed by atoms with E-state index < -0.39 is 0 Å². The largest absolute Gasteiger partial charge is 0.343 e. The lowest BCUT2D eigenvalue weighted by Crippen LogP contribution is -2.27. The zero-order valence-corrected chi connectivity index (χ0v) is 15.0. The molecule has 0 atom stereocenters. The van der Waals surface area contributed by atoms with Crippen LogP contribution in [0.25, 0.3) is 11.2 Å². The summed E-state index contributed by atoms with van der Waals surface area (Å²) in [5.74, 6) is 1.44. The SMILES string of the molecule is O=C(CCCc1nc2cccnc2n1C1CCCCC1)N1CCCC1. The Morgan fingerprint density at radius 2 is 1.92 bits per heavy atom. The van der Waals surface area contributed by atoms with E-state index in [1.54, 1.807) is 0 Å². The molecule has 3 heterocycles. The molecule has 25 heavy (non-hydrogen) atoms. The van der Waals surface area contributed by atoms with Crippen molar-refractivity contribution in [1.29, 1.82) is 0 Å². The number of fused-ring (bicyclic) bond motifs is 1. The van der Waals surface area contributed by atoms with Gasteiger partial charge in [-0.1, -0.05) is 19.3 Å². The first-order valence-corrected chi connectivity index (χ1v) is 9.92. The molecule has 0 radical (unpaired) electrons. The summed E-state index contributed by atoms with van der Waals surface area (Å²) in [5.41, 5.74) is 2.02. The van der Waals surface area contributed by atoms with Crippen molar-refractivity contribution in [3.05, 3.63) is 24.2 Å². The van der Waals surface area contributed by atoms with Crippen molar-refractivity contribution in [3.8, 4) is 0 Å². The molecule has 1 saturated carbocycles. The number of nitrogens with zero attached hydrogens (tertiary/aromatic N) is 4. The van der Waals surface area contributed by atoms with Gasteiger partial charge in [-0.15, -0.1) is 0 Å². The van der Waals surface area contributed by atoms with Crippen LogP contribution >= 0.6 is 0 Å². The molecule has 0 bridgehead atoms. The fourth-order valence-electron chi connectivity index (χ4n) is 4.40. The van der Waals surface area contributed by atoms with Crippen molar-refractivity contribution >= 4 is 17.1 Å². The van der Waals surface area contributed by atoms with Gasteiger partial charge in [0.2, 0.25) is 5.91 Å². The van der Waals surface area contributed by atoms with E-state index in [2.05, 4.69) is 15.6 Å². The second kappa shape index (κ2) is 7.54. The number of aryl methyl sites for hydroxylation is 1. The molecular weight excluding hydrogens is 312 g/mol. The summed E-state index contributed by atoms with van der Waals surface area (Å²) in [6.45, 7) is 1.90. The predicted molar refractivity (Wildman–Crippen MR) is 98.4 cm³/mol. The number of carbonyl (C=O) groups is 1. The highest BCUT2D eigenvalue weighted by Gasteiger charge is 2.22. The number of aromatic nitrogens is 3. The minimum atomic E-state index is 0.316. The van der Waals surface area contributed by atoms with Crippen LogP contribution in [0.1, 0.15) is 69.7 Å². The standard InChI is InChI=1S/C20H28N4O/c25-19(23-14-4-5-15-23)12-6-11-18-22-17-10-7-13-21-20(17)24(18)16-8-2-1-3-9-16/h7,10,13,16H,1-6,8-9,11-12,14-15H2. The molecule has 1 saturated heterocycles. The molecule has 5 heteroatoms. The summed E-state index contributed by atoms with van der Waals surface area (Å²) in [5, 5.41) is 0. The molecule has 4 rings (SSSR count). The van der Waals surface area contributed by atoms with Gasteiger partial charge in [0.1, 0.15) is 11.3 Å². The summed E-state index contributed by atoms with van der Waals surface area (Å²) in [4.78, 5) is 23.8. The van der Waals surface area contributed by atoms with Crippen LogP contribution < -0.4 is 0 Å². The molecule has 2 fully saturated rings. The average molecular weight is 340 g/mol. The van der Waals surface area contributed by atoms with Crippen LogP contribution in [0.4, 0.5) is 0 Å². The molecule has 1 aliphatic carbocycles. The fraction of sp³-hybridized carbons (Fsp3) is 0.650. The van der Waals surface area contributed by atoms with Crippen molar-refractivity contribution in [1.82, 2.24) is 19.4 Å². The fourth-order valence-corrected chi connectivity index (χ4v) is 4.40. The normalized spacial score (nSPS) is 19.0. The average Bonchev–Trinajstić information content (AvgIpc) is 3.30. The lowest BCUT2D eigenvalue weighted by molar-refractivity contribution is -0.130. The van der Waals surface area contributed by atoms with Crippen molar-refractivity contribution in [3.63, 3.8) is 0 Å². The number of hydrogen-bond acceptors (Lipinski definition) is 3. The van der Waals surface area contributed by atoms with Gasteiger partial charge in [-0.25, -0.2) is 9.97 Å². The Balaban J connectivity index is 1.49. The highest BCUT2D eigenvalue weighted by atomic mass is 16.2. The third kappa shape index (κ3) is 3.55. The minimum absolute atomic E-state index is 0.316. The van der Waals surface area contributed by atoms with E-state index in [-0.39, 0.29) is 0 Å². The van der Waals surface area contributed by atoms with E-state index >= 15 is 0 Å². The van der Waals surface area contributed by atoms with Gasteiger partial charge < -0.3 is 9.47 Å². The molecule has 2 aliphatic rings. The third-order valence-electron chi connectivity index (χ3n) is 5.71. The highest BCUT2D eigenvalue weighted by Crippen LogP contribution is 2.32. The number of amides is 1. The van der Waals surface area contributed by atoms with Crippen molar-refractivity contribution in [2.75, 3.05) is 13.1 Å². The molecule has 0 spiro atoms. The second-order valence-corrected chi connectivity index (χ2v) is 7.48. The van der Waals surface area contributed by atoms with E-state index in [1.165, 1.54) is 32.1 Å². The van der Waals surface area contributed by atoms with Crippen LogP contribution in [0.2, 0.25) is 0 Å². The second-order valence-electron chi connectivity index (χ2n) is 7.48. The molecule has 2 aromatic rings. The molecular formula is C20H28N4O. The maximum absolute atomic E-state index is 12.3. The highest BCUT2D eigenvalue weighted by molar-refractivity contribution is 5.76. The molecule has 0 N–H and O–H groups in total. The summed E-state index contributed by atoms with van der Waals surface area (Å²) < 4.78 is 2.38. The first-order valence-electron chi connectivity index (χ1n) is 9.92. The van der Waals surface area contributed by atoms with Crippen LogP contribution in [-0.4, -0.2) is 38.4 Å². The van der Waals surface area contributed by atoms with Crippen LogP contribution in [0.5, 0.6) is 0 Å². The van der Waals surface area contributed by atoms with Crippen LogP contribution in [-0.2, 0) is 11.2 Å². The van der Waals surface area contributed by atoms with E-state index in [9.17, 15) is 4.79 Å². The van der Waals surface area contributed by atoms with Gasteiger partial charge in [0.15, 0.2) is 5.65 Å². The Morgan fingerprint density at radius 3 is 2.72 bits per heavy atom. The third-order valence-corrected chi connectivity index (χ3v) is 5.71. The van der Waals surface area contributed by atoms with Crippen LogP contribution in [0.15, 0.2) is 18.3 Å². The molecule has 0 aromatic carbocycles. The van der Waals surface area contributed by atoms with Crippen molar-refractivity contribution < 1.29 is 4.79 Å². The number of imidazole rings is 1. The summed E-state index contributed by atoms with van der Waals surface area (Å²) in [6.07, 6.45) is 13.0. The molecule has 5 nitrogen and oxygen atoms in total. The quantitative estimate of drug-likeness (QED) is 0.830. The molecule has 134 valence electrons. The Bertz CT molecular complexity index is 726. The molecule has 1 aliphatic heterocycles. The van der Waals surface area contributed by atoms with E-state index in [0.29, 0.717) is 18.4 Å². The van der Waals surface area contributed by atoms with E-state index in [1.807, 2.05) is 17.2 Å². The number of pyridine rings is 1. The summed E-state index contributed by atoms with van der Waals surface area (Å²) in [6, 6.07) is 4.54. The first kappa shape index (κ1) is 16.6. The predicted octanol–water partition coefficient (Wildman–Crippen LogP) is 3.88. The Morgan fingerprint density at radius 1 is 1.12 bits per heavy atom. The van der Waals surface area contributed by atoms with Gasteiger partial charge in [-0.2, -0.15) is 0 Å². The number of likely N-dealkylation sites (tertiary alicyclic amines) is 1. The lowest BCUT2D eigenvalue weighted by Gasteiger charge is -2.25. The Kier molecular flexibility index (Phi) is 4.99. The van der Waals surface area contributed by atoms with Crippen LogP contribution in [0.3, 0.4) is 0 Å². The van der Waals surface area contributed by atoms with Gasteiger partial charge in [0.25, 0.3) is 0 Å². The molecule has 2 aromatic heterocycles. The van der Waals surface area contributed by atoms with Gasteiger partial charge in [-0.3, -0.25) is 4.79 Å². The topological polar surface area (TPSA) is 51.0 Å². The maximum atomic E-state index is 12.3.